The summed E-state index contributed by atoms with van der Waals surface area (Å²) in [5, 5.41) is 5.68. The van der Waals surface area contributed by atoms with Crippen LogP contribution in [0.15, 0.2) is 36.7 Å². The molecule has 0 atom stereocenters. The standard InChI is InChI=1S/C19H23N3O2/c1-12(2)9-21-18(23)15-8-16(11-20-10-15)19(24)22-17-6-5-13(3)7-14(17)4/h5-8,10-12H,9H2,1-4H3,(H,21,23)(H,22,24). The average Bonchev–Trinajstić information content (AvgIpc) is 2.55. The first-order valence-corrected chi connectivity index (χ1v) is 7.98. The van der Waals surface area contributed by atoms with Crippen LogP contribution in [0, 0.1) is 19.8 Å². The Morgan fingerprint density at radius 3 is 2.33 bits per heavy atom. The Hall–Kier alpha value is -2.69. The zero-order valence-corrected chi connectivity index (χ0v) is 14.5. The van der Waals surface area contributed by atoms with Crippen LogP contribution >= 0.6 is 0 Å². The van der Waals surface area contributed by atoms with Crippen LogP contribution in [0.1, 0.15) is 45.7 Å². The van der Waals surface area contributed by atoms with Crippen molar-refractivity contribution in [2.24, 2.45) is 5.92 Å². The summed E-state index contributed by atoms with van der Waals surface area (Å²) in [6, 6.07) is 7.37. The molecule has 5 heteroatoms. The molecule has 0 aliphatic heterocycles. The third-order valence-corrected chi connectivity index (χ3v) is 3.56. The fraction of sp³-hybridized carbons (Fsp3) is 0.316. The van der Waals surface area contributed by atoms with E-state index in [2.05, 4.69) is 15.6 Å². The molecule has 0 saturated heterocycles. The third kappa shape index (κ3) is 4.65. The molecule has 0 unspecified atom stereocenters. The Morgan fingerprint density at radius 2 is 1.71 bits per heavy atom. The van der Waals surface area contributed by atoms with E-state index in [9.17, 15) is 9.59 Å². The van der Waals surface area contributed by atoms with Crippen molar-refractivity contribution in [3.8, 4) is 0 Å². The molecule has 2 amide bonds. The maximum Gasteiger partial charge on any atom is 0.257 e. The van der Waals surface area contributed by atoms with Gasteiger partial charge >= 0.3 is 0 Å². The normalized spacial score (nSPS) is 10.5. The van der Waals surface area contributed by atoms with Crippen LogP contribution < -0.4 is 10.6 Å². The van der Waals surface area contributed by atoms with E-state index in [-0.39, 0.29) is 11.8 Å². The third-order valence-electron chi connectivity index (χ3n) is 3.56. The van der Waals surface area contributed by atoms with Crippen LogP contribution in [-0.2, 0) is 0 Å². The van der Waals surface area contributed by atoms with Gasteiger partial charge in [0.15, 0.2) is 0 Å². The van der Waals surface area contributed by atoms with Crippen molar-refractivity contribution in [1.82, 2.24) is 10.3 Å². The quantitative estimate of drug-likeness (QED) is 0.885. The fourth-order valence-corrected chi connectivity index (χ4v) is 2.24. The second-order valence-electron chi connectivity index (χ2n) is 6.34. The molecule has 0 spiro atoms. The van der Waals surface area contributed by atoms with Crippen molar-refractivity contribution in [1.29, 1.82) is 0 Å². The number of amides is 2. The first-order chi connectivity index (χ1) is 11.4. The molecule has 2 rings (SSSR count). The first-order valence-electron chi connectivity index (χ1n) is 7.98. The molecule has 2 N–H and O–H groups in total. The molecule has 126 valence electrons. The minimum Gasteiger partial charge on any atom is -0.352 e. The Labute approximate surface area is 142 Å². The van der Waals surface area contributed by atoms with Crippen LogP contribution in [0.2, 0.25) is 0 Å². The maximum atomic E-state index is 12.4. The van der Waals surface area contributed by atoms with Gasteiger partial charge in [0, 0.05) is 24.6 Å². The molecule has 0 bridgehead atoms. The summed E-state index contributed by atoms with van der Waals surface area (Å²) in [4.78, 5) is 28.5. The Morgan fingerprint density at radius 1 is 1.04 bits per heavy atom. The van der Waals surface area contributed by atoms with Crippen LogP contribution in [0.5, 0.6) is 0 Å². The highest BCUT2D eigenvalue weighted by Gasteiger charge is 2.12. The molecular weight excluding hydrogens is 302 g/mol. The molecule has 1 aromatic carbocycles. The van der Waals surface area contributed by atoms with E-state index in [0.29, 0.717) is 23.6 Å². The predicted octanol–water partition coefficient (Wildman–Crippen LogP) is 3.34. The lowest BCUT2D eigenvalue weighted by Gasteiger charge is -2.10. The largest absolute Gasteiger partial charge is 0.352 e. The summed E-state index contributed by atoms with van der Waals surface area (Å²) in [6.45, 7) is 8.56. The lowest BCUT2D eigenvalue weighted by atomic mass is 10.1. The van der Waals surface area contributed by atoms with Crippen LogP contribution in [0.4, 0.5) is 5.69 Å². The number of carbonyl (C=O) groups excluding carboxylic acids is 2. The number of benzene rings is 1. The van der Waals surface area contributed by atoms with E-state index in [1.54, 1.807) is 6.07 Å². The van der Waals surface area contributed by atoms with Crippen molar-refractivity contribution < 1.29 is 9.59 Å². The Bertz CT molecular complexity index is 754. The summed E-state index contributed by atoms with van der Waals surface area (Å²) in [6.07, 6.45) is 2.92. The summed E-state index contributed by atoms with van der Waals surface area (Å²) < 4.78 is 0. The van der Waals surface area contributed by atoms with Gasteiger partial charge in [-0.2, -0.15) is 0 Å². The van der Waals surface area contributed by atoms with Crippen molar-refractivity contribution in [3.63, 3.8) is 0 Å². The number of anilines is 1. The number of rotatable bonds is 5. The van der Waals surface area contributed by atoms with Gasteiger partial charge in [-0.3, -0.25) is 14.6 Å². The van der Waals surface area contributed by atoms with Gasteiger partial charge in [-0.15, -0.1) is 0 Å². The van der Waals surface area contributed by atoms with Gasteiger partial charge in [-0.1, -0.05) is 31.5 Å². The number of hydrogen-bond donors (Lipinski definition) is 2. The lowest BCUT2D eigenvalue weighted by molar-refractivity contribution is 0.0948. The van der Waals surface area contributed by atoms with Gasteiger partial charge in [0.25, 0.3) is 11.8 Å². The van der Waals surface area contributed by atoms with E-state index in [1.165, 1.54) is 12.4 Å². The summed E-state index contributed by atoms with van der Waals surface area (Å²) in [5.74, 6) is -0.150. The number of hydrogen-bond acceptors (Lipinski definition) is 3. The highest BCUT2D eigenvalue weighted by molar-refractivity contribution is 6.06. The fourth-order valence-electron chi connectivity index (χ4n) is 2.24. The maximum absolute atomic E-state index is 12.4. The molecule has 1 heterocycles. The van der Waals surface area contributed by atoms with Crippen molar-refractivity contribution in [2.45, 2.75) is 27.7 Å². The Balaban J connectivity index is 2.12. The molecule has 0 radical (unpaired) electrons. The number of nitrogens with zero attached hydrogens (tertiary/aromatic N) is 1. The smallest absolute Gasteiger partial charge is 0.257 e. The predicted molar refractivity (Wildman–Crippen MR) is 95.3 cm³/mol. The summed E-state index contributed by atoms with van der Waals surface area (Å²) in [5.41, 5.74) is 3.61. The molecule has 24 heavy (non-hydrogen) atoms. The number of nitrogens with one attached hydrogen (secondary N) is 2. The van der Waals surface area contributed by atoms with E-state index in [4.69, 9.17) is 0 Å². The molecule has 0 aliphatic carbocycles. The molecule has 5 nitrogen and oxygen atoms in total. The lowest BCUT2D eigenvalue weighted by Crippen LogP contribution is -2.27. The monoisotopic (exact) mass is 325 g/mol. The molecule has 0 aliphatic rings. The topological polar surface area (TPSA) is 71.1 Å². The minimum atomic E-state index is -0.284. The minimum absolute atomic E-state index is 0.225. The summed E-state index contributed by atoms with van der Waals surface area (Å²) >= 11 is 0. The number of carbonyl (C=O) groups is 2. The first kappa shape index (κ1) is 17.7. The highest BCUT2D eigenvalue weighted by atomic mass is 16.2. The SMILES string of the molecule is Cc1ccc(NC(=O)c2cncc(C(=O)NCC(C)C)c2)c(C)c1. The second-order valence-corrected chi connectivity index (χ2v) is 6.34. The van der Waals surface area contributed by atoms with Gasteiger partial charge in [-0.05, 0) is 37.5 Å². The molecule has 2 aromatic rings. The number of aromatic nitrogens is 1. The van der Waals surface area contributed by atoms with Crippen molar-refractivity contribution in [3.05, 3.63) is 58.9 Å². The zero-order chi connectivity index (χ0) is 17.7. The van der Waals surface area contributed by atoms with Gasteiger partial charge in [-0.25, -0.2) is 0 Å². The number of pyridine rings is 1. The van der Waals surface area contributed by atoms with E-state index in [0.717, 1.165) is 16.8 Å². The van der Waals surface area contributed by atoms with Crippen LogP contribution in [0.3, 0.4) is 0 Å². The zero-order valence-electron chi connectivity index (χ0n) is 14.5. The van der Waals surface area contributed by atoms with Gasteiger partial charge in [0.1, 0.15) is 0 Å². The van der Waals surface area contributed by atoms with E-state index in [1.807, 2.05) is 45.9 Å². The Kier molecular flexibility index (Phi) is 5.68. The number of aryl methyl sites for hydroxylation is 2. The van der Waals surface area contributed by atoms with Gasteiger partial charge < -0.3 is 10.6 Å². The molecule has 0 saturated carbocycles. The van der Waals surface area contributed by atoms with Crippen molar-refractivity contribution in [2.75, 3.05) is 11.9 Å². The summed E-state index contributed by atoms with van der Waals surface area (Å²) in [7, 11) is 0. The van der Waals surface area contributed by atoms with E-state index < -0.39 is 0 Å². The second kappa shape index (κ2) is 7.73. The molecular formula is C19H23N3O2. The van der Waals surface area contributed by atoms with Gasteiger partial charge in [0.2, 0.25) is 0 Å². The van der Waals surface area contributed by atoms with Crippen LogP contribution in [0.25, 0.3) is 0 Å². The average molecular weight is 325 g/mol. The van der Waals surface area contributed by atoms with E-state index >= 15 is 0 Å². The molecule has 0 fully saturated rings. The molecule has 1 aromatic heterocycles. The van der Waals surface area contributed by atoms with Gasteiger partial charge in [0.05, 0.1) is 11.1 Å². The van der Waals surface area contributed by atoms with Crippen molar-refractivity contribution >= 4 is 17.5 Å². The highest BCUT2D eigenvalue weighted by Crippen LogP contribution is 2.17. The van der Waals surface area contributed by atoms with Crippen LogP contribution in [-0.4, -0.2) is 23.3 Å².